The number of likely N-dealkylation sites (N-methyl/N-ethyl adjacent to an activating group) is 1. The van der Waals surface area contributed by atoms with Crippen molar-refractivity contribution in [3.05, 3.63) is 40.2 Å². The summed E-state index contributed by atoms with van der Waals surface area (Å²) in [5, 5.41) is 4.38. The zero-order chi connectivity index (χ0) is 14.2. The maximum absolute atomic E-state index is 5.43. The van der Waals surface area contributed by atoms with Gasteiger partial charge in [0.1, 0.15) is 0 Å². The fraction of sp³-hybridized carbons (Fsp3) is 0.438. The molecular formula is C16H22N2OS. The number of nitrogens with one attached hydrogen (secondary N) is 1. The summed E-state index contributed by atoms with van der Waals surface area (Å²) in [6, 6.07) is 10.4. The predicted octanol–water partition coefficient (Wildman–Crippen LogP) is 3.15. The van der Waals surface area contributed by atoms with Crippen LogP contribution >= 0.6 is 11.3 Å². The van der Waals surface area contributed by atoms with E-state index in [-0.39, 0.29) is 0 Å². The number of hydrogen-bond acceptors (Lipinski definition) is 4. The summed E-state index contributed by atoms with van der Waals surface area (Å²) in [4.78, 5) is 6.17. The van der Waals surface area contributed by atoms with Gasteiger partial charge < -0.3 is 10.1 Å². The first kappa shape index (κ1) is 15.2. The molecule has 108 valence electrons. The first-order valence-electron chi connectivity index (χ1n) is 7.11. The van der Waals surface area contributed by atoms with Gasteiger partial charge in [-0.25, -0.2) is 4.98 Å². The van der Waals surface area contributed by atoms with Crippen molar-refractivity contribution in [2.75, 3.05) is 26.8 Å². The van der Waals surface area contributed by atoms with E-state index in [4.69, 9.17) is 9.72 Å². The van der Waals surface area contributed by atoms with Crippen molar-refractivity contribution < 1.29 is 4.74 Å². The van der Waals surface area contributed by atoms with Crippen LogP contribution in [0.15, 0.2) is 30.3 Å². The van der Waals surface area contributed by atoms with Gasteiger partial charge in [0.15, 0.2) is 0 Å². The average molecular weight is 290 g/mol. The molecule has 0 amide bonds. The third kappa shape index (κ3) is 4.13. The van der Waals surface area contributed by atoms with Crippen molar-refractivity contribution in [2.24, 2.45) is 0 Å². The van der Waals surface area contributed by atoms with Gasteiger partial charge in [0.25, 0.3) is 0 Å². The monoisotopic (exact) mass is 290 g/mol. The van der Waals surface area contributed by atoms with Crippen LogP contribution in [-0.4, -0.2) is 31.8 Å². The second-order valence-electron chi connectivity index (χ2n) is 4.55. The first-order chi connectivity index (χ1) is 9.85. The molecule has 1 aromatic heterocycles. The minimum Gasteiger partial charge on any atom is -0.381 e. The molecule has 0 aliphatic carbocycles. The first-order valence-corrected chi connectivity index (χ1v) is 7.93. The Morgan fingerprint density at radius 3 is 2.70 bits per heavy atom. The molecule has 0 bridgehead atoms. The van der Waals surface area contributed by atoms with Gasteiger partial charge in [0.2, 0.25) is 0 Å². The molecule has 0 saturated carbocycles. The number of rotatable bonds is 8. The van der Waals surface area contributed by atoms with Crippen LogP contribution in [0.1, 0.15) is 16.8 Å². The average Bonchev–Trinajstić information content (AvgIpc) is 2.89. The quantitative estimate of drug-likeness (QED) is 0.758. The smallest absolute Gasteiger partial charge is 0.0958 e. The second-order valence-corrected chi connectivity index (χ2v) is 5.71. The number of aromatic nitrogens is 1. The largest absolute Gasteiger partial charge is 0.381 e. The number of ether oxygens (including phenoxy) is 1. The SMILES string of the molecule is CCOCCc1nc(-c2ccccc2)c(CCNC)s1. The molecule has 1 N–H and O–H groups in total. The predicted molar refractivity (Wildman–Crippen MR) is 85.4 cm³/mol. The van der Waals surface area contributed by atoms with Crippen molar-refractivity contribution in [1.29, 1.82) is 0 Å². The molecule has 0 aliphatic rings. The molecule has 3 nitrogen and oxygen atoms in total. The molecule has 0 fully saturated rings. The van der Waals surface area contributed by atoms with E-state index in [9.17, 15) is 0 Å². The van der Waals surface area contributed by atoms with E-state index in [0.717, 1.165) is 38.3 Å². The van der Waals surface area contributed by atoms with Crippen molar-refractivity contribution in [3.63, 3.8) is 0 Å². The van der Waals surface area contributed by atoms with Crippen molar-refractivity contribution in [2.45, 2.75) is 19.8 Å². The van der Waals surface area contributed by atoms with Crippen LogP contribution in [0, 0.1) is 0 Å². The number of hydrogen-bond donors (Lipinski definition) is 1. The summed E-state index contributed by atoms with van der Waals surface area (Å²) in [5.74, 6) is 0. The molecule has 0 radical (unpaired) electrons. The Balaban J connectivity index is 2.19. The Bertz CT molecular complexity index is 510. The molecule has 2 aromatic rings. The molecule has 0 atom stereocenters. The van der Waals surface area contributed by atoms with E-state index in [1.165, 1.54) is 15.4 Å². The normalized spacial score (nSPS) is 10.9. The fourth-order valence-corrected chi connectivity index (χ4v) is 3.11. The van der Waals surface area contributed by atoms with Gasteiger partial charge in [-0.1, -0.05) is 30.3 Å². The van der Waals surface area contributed by atoms with Crippen LogP contribution in [0.4, 0.5) is 0 Å². The number of thiazole rings is 1. The highest BCUT2D eigenvalue weighted by atomic mass is 32.1. The Labute approximate surface area is 125 Å². The zero-order valence-electron chi connectivity index (χ0n) is 12.2. The third-order valence-electron chi connectivity index (χ3n) is 3.06. The Hall–Kier alpha value is -1.23. The minimum absolute atomic E-state index is 0.754. The summed E-state index contributed by atoms with van der Waals surface area (Å²) >= 11 is 1.81. The highest BCUT2D eigenvalue weighted by Gasteiger charge is 2.12. The fourth-order valence-electron chi connectivity index (χ4n) is 2.04. The molecule has 1 heterocycles. The molecule has 20 heavy (non-hydrogen) atoms. The molecule has 2 rings (SSSR count). The molecule has 0 spiro atoms. The molecule has 1 aromatic carbocycles. The van der Waals surface area contributed by atoms with Crippen molar-refractivity contribution in [1.82, 2.24) is 10.3 Å². The zero-order valence-corrected chi connectivity index (χ0v) is 13.0. The van der Waals surface area contributed by atoms with Gasteiger partial charge in [-0.2, -0.15) is 0 Å². The van der Waals surface area contributed by atoms with Gasteiger partial charge in [-0.15, -0.1) is 11.3 Å². The van der Waals surface area contributed by atoms with E-state index >= 15 is 0 Å². The maximum Gasteiger partial charge on any atom is 0.0958 e. The lowest BCUT2D eigenvalue weighted by molar-refractivity contribution is 0.151. The van der Waals surface area contributed by atoms with Gasteiger partial charge in [0, 0.05) is 23.5 Å². The van der Waals surface area contributed by atoms with E-state index < -0.39 is 0 Å². The van der Waals surface area contributed by atoms with Crippen LogP contribution in [0.2, 0.25) is 0 Å². The number of nitrogens with zero attached hydrogens (tertiary/aromatic N) is 1. The summed E-state index contributed by atoms with van der Waals surface area (Å²) in [6.45, 7) is 4.52. The van der Waals surface area contributed by atoms with Gasteiger partial charge in [-0.3, -0.25) is 0 Å². The standard InChI is InChI=1S/C16H22N2OS/c1-3-19-12-10-15-18-16(13-7-5-4-6-8-13)14(20-15)9-11-17-2/h4-8,17H,3,9-12H2,1-2H3. The van der Waals surface area contributed by atoms with Crippen LogP contribution in [0.3, 0.4) is 0 Å². The Morgan fingerprint density at radius 1 is 1.20 bits per heavy atom. The second kappa shape index (κ2) is 8.15. The third-order valence-corrected chi connectivity index (χ3v) is 4.23. The van der Waals surface area contributed by atoms with Crippen LogP contribution in [0.5, 0.6) is 0 Å². The Morgan fingerprint density at radius 2 is 2.00 bits per heavy atom. The topological polar surface area (TPSA) is 34.1 Å². The lowest BCUT2D eigenvalue weighted by Crippen LogP contribution is -2.09. The van der Waals surface area contributed by atoms with Gasteiger partial charge >= 0.3 is 0 Å². The summed E-state index contributed by atoms with van der Waals surface area (Å²) < 4.78 is 5.43. The van der Waals surface area contributed by atoms with Gasteiger partial charge in [0.05, 0.1) is 17.3 Å². The lowest BCUT2D eigenvalue weighted by atomic mass is 10.1. The Kier molecular flexibility index (Phi) is 6.18. The van der Waals surface area contributed by atoms with E-state index in [2.05, 4.69) is 29.6 Å². The van der Waals surface area contributed by atoms with Crippen molar-refractivity contribution >= 4 is 11.3 Å². The van der Waals surface area contributed by atoms with E-state index in [0.29, 0.717) is 0 Å². The summed E-state index contributed by atoms with van der Waals surface area (Å²) in [7, 11) is 1.99. The van der Waals surface area contributed by atoms with E-state index in [1.807, 2.05) is 31.4 Å². The molecule has 0 aliphatic heterocycles. The molecule has 4 heteroatoms. The van der Waals surface area contributed by atoms with Crippen LogP contribution < -0.4 is 5.32 Å². The lowest BCUT2D eigenvalue weighted by Gasteiger charge is -2.01. The highest BCUT2D eigenvalue weighted by Crippen LogP contribution is 2.28. The molecule has 0 unspecified atom stereocenters. The maximum atomic E-state index is 5.43. The van der Waals surface area contributed by atoms with Crippen LogP contribution in [-0.2, 0) is 17.6 Å². The van der Waals surface area contributed by atoms with Crippen LogP contribution in [0.25, 0.3) is 11.3 Å². The molecular weight excluding hydrogens is 268 g/mol. The highest BCUT2D eigenvalue weighted by molar-refractivity contribution is 7.12. The van der Waals surface area contributed by atoms with Gasteiger partial charge in [-0.05, 0) is 26.9 Å². The van der Waals surface area contributed by atoms with E-state index in [1.54, 1.807) is 0 Å². The summed E-state index contributed by atoms with van der Waals surface area (Å²) in [5.41, 5.74) is 2.34. The number of benzene rings is 1. The molecule has 0 saturated heterocycles. The van der Waals surface area contributed by atoms with Crippen molar-refractivity contribution in [3.8, 4) is 11.3 Å². The summed E-state index contributed by atoms with van der Waals surface area (Å²) in [6.07, 6.45) is 1.92. The minimum atomic E-state index is 0.754.